The molecule has 1 fully saturated rings. The number of hydrogen-bond donors (Lipinski definition) is 1. The second-order valence-electron chi connectivity index (χ2n) is 7.02. The molecule has 2 aromatic rings. The summed E-state index contributed by atoms with van der Waals surface area (Å²) in [5, 5.41) is 0. The third-order valence-electron chi connectivity index (χ3n) is 4.60. The van der Waals surface area contributed by atoms with Gasteiger partial charge in [-0.05, 0) is 43.3 Å². The number of piperazine rings is 1. The Morgan fingerprint density at radius 3 is 2.33 bits per heavy atom. The van der Waals surface area contributed by atoms with Crippen molar-refractivity contribution in [3.8, 4) is 5.75 Å². The molecule has 0 aliphatic carbocycles. The van der Waals surface area contributed by atoms with Crippen molar-refractivity contribution < 1.29 is 26.3 Å². The lowest BCUT2D eigenvalue weighted by atomic mass is 10.2. The van der Waals surface area contributed by atoms with Crippen LogP contribution in [0.1, 0.15) is 6.92 Å². The smallest absolute Gasteiger partial charge is 0.406 e. The number of ether oxygens (including phenoxy) is 1. The summed E-state index contributed by atoms with van der Waals surface area (Å²) in [6.07, 6.45) is -3.08. The number of anilines is 1. The van der Waals surface area contributed by atoms with E-state index in [9.17, 15) is 21.6 Å². The molecule has 1 unspecified atom stereocenters. The first-order chi connectivity index (χ1) is 14.1. The zero-order chi connectivity index (χ0) is 21.8. The third-order valence-corrected chi connectivity index (χ3v) is 6.21. The predicted octanol–water partition coefficient (Wildman–Crippen LogP) is 2.47. The first-order valence-corrected chi connectivity index (χ1v) is 10.9. The quantitative estimate of drug-likeness (QED) is 0.707. The second kappa shape index (κ2) is 9.19. The van der Waals surface area contributed by atoms with Crippen LogP contribution in [-0.4, -0.2) is 63.4 Å². The molecule has 164 valence electrons. The van der Waals surface area contributed by atoms with E-state index in [1.165, 1.54) is 0 Å². The van der Waals surface area contributed by atoms with Gasteiger partial charge in [-0.3, -0.25) is 4.90 Å². The number of rotatable bonds is 7. The van der Waals surface area contributed by atoms with Crippen molar-refractivity contribution in [2.24, 2.45) is 0 Å². The van der Waals surface area contributed by atoms with Crippen LogP contribution < -0.4 is 14.4 Å². The van der Waals surface area contributed by atoms with Crippen molar-refractivity contribution >= 4 is 15.8 Å². The highest BCUT2D eigenvalue weighted by Gasteiger charge is 2.31. The molecule has 2 heterocycles. The monoisotopic (exact) mass is 444 g/mol. The van der Waals surface area contributed by atoms with Gasteiger partial charge in [0.25, 0.3) is 0 Å². The van der Waals surface area contributed by atoms with Crippen LogP contribution in [0.15, 0.2) is 53.6 Å². The summed E-state index contributed by atoms with van der Waals surface area (Å²) in [7, 11) is -3.86. The van der Waals surface area contributed by atoms with E-state index in [2.05, 4.69) is 24.2 Å². The van der Waals surface area contributed by atoms with Crippen molar-refractivity contribution in [2.75, 3.05) is 37.6 Å². The summed E-state index contributed by atoms with van der Waals surface area (Å²) in [6, 6.07) is 9.51. The van der Waals surface area contributed by atoms with E-state index in [0.29, 0.717) is 6.54 Å². The molecule has 1 aliphatic heterocycles. The highest BCUT2D eigenvalue weighted by molar-refractivity contribution is 7.89. The van der Waals surface area contributed by atoms with Crippen LogP contribution in [-0.2, 0) is 10.0 Å². The SMILES string of the molecule is CC(CN1CCN(c2ccccn2)CC1)NS(=O)(=O)c1ccc(OC(F)(F)F)cc1. The third kappa shape index (κ3) is 6.31. The summed E-state index contributed by atoms with van der Waals surface area (Å²) in [4.78, 5) is 8.56. The van der Waals surface area contributed by atoms with Crippen LogP contribution in [0.2, 0.25) is 0 Å². The van der Waals surface area contributed by atoms with E-state index in [4.69, 9.17) is 0 Å². The van der Waals surface area contributed by atoms with Gasteiger partial charge >= 0.3 is 6.36 Å². The number of pyridine rings is 1. The number of nitrogens with one attached hydrogen (secondary N) is 1. The Morgan fingerprint density at radius 1 is 1.10 bits per heavy atom. The lowest BCUT2D eigenvalue weighted by molar-refractivity contribution is -0.274. The molecule has 0 radical (unpaired) electrons. The van der Waals surface area contributed by atoms with Crippen LogP contribution in [0.3, 0.4) is 0 Å². The predicted molar refractivity (Wildman–Crippen MR) is 106 cm³/mol. The van der Waals surface area contributed by atoms with E-state index in [0.717, 1.165) is 56.3 Å². The van der Waals surface area contributed by atoms with E-state index in [1.54, 1.807) is 13.1 Å². The number of sulfonamides is 1. The van der Waals surface area contributed by atoms with Gasteiger partial charge in [0.1, 0.15) is 11.6 Å². The Bertz CT molecular complexity index is 916. The Kier molecular flexibility index (Phi) is 6.84. The Balaban J connectivity index is 1.51. The molecular formula is C19H23F3N4O3S. The van der Waals surface area contributed by atoms with Crippen LogP contribution in [0.25, 0.3) is 0 Å². The normalized spacial score (nSPS) is 17.0. The molecule has 11 heteroatoms. The van der Waals surface area contributed by atoms with Gasteiger partial charge in [-0.15, -0.1) is 13.2 Å². The van der Waals surface area contributed by atoms with Gasteiger partial charge < -0.3 is 9.64 Å². The number of halogens is 3. The molecule has 3 rings (SSSR count). The van der Waals surface area contributed by atoms with Crippen LogP contribution in [0.5, 0.6) is 5.75 Å². The molecule has 1 aromatic carbocycles. The van der Waals surface area contributed by atoms with E-state index < -0.39 is 22.1 Å². The summed E-state index contributed by atoms with van der Waals surface area (Å²) < 4.78 is 68.0. The second-order valence-corrected chi connectivity index (χ2v) is 8.73. The average molecular weight is 444 g/mol. The Hall–Kier alpha value is -2.37. The molecule has 1 atom stereocenters. The number of benzene rings is 1. The van der Waals surface area contributed by atoms with Gasteiger partial charge in [0.2, 0.25) is 10.0 Å². The molecule has 0 bridgehead atoms. The van der Waals surface area contributed by atoms with Crippen LogP contribution in [0, 0.1) is 0 Å². The Morgan fingerprint density at radius 2 is 1.77 bits per heavy atom. The maximum absolute atomic E-state index is 12.5. The standard InChI is InChI=1S/C19H23F3N4O3S/c1-15(14-25-10-12-26(13-11-25)18-4-2-3-9-23-18)24-30(27,28)17-7-5-16(6-8-17)29-19(20,21)22/h2-9,15,24H,10-14H2,1H3. The number of aromatic nitrogens is 1. The fourth-order valence-electron chi connectivity index (χ4n) is 3.28. The molecule has 1 N–H and O–H groups in total. The largest absolute Gasteiger partial charge is 0.573 e. The molecule has 30 heavy (non-hydrogen) atoms. The minimum absolute atomic E-state index is 0.121. The highest BCUT2D eigenvalue weighted by atomic mass is 32.2. The van der Waals surface area contributed by atoms with Gasteiger partial charge in [0.15, 0.2) is 0 Å². The average Bonchev–Trinajstić information content (AvgIpc) is 2.68. The zero-order valence-corrected chi connectivity index (χ0v) is 17.2. The molecular weight excluding hydrogens is 421 g/mol. The first kappa shape index (κ1) is 22.3. The topological polar surface area (TPSA) is 74.8 Å². The molecule has 1 aliphatic rings. The lowest BCUT2D eigenvalue weighted by Gasteiger charge is -2.36. The lowest BCUT2D eigenvalue weighted by Crippen LogP contribution is -2.51. The van der Waals surface area contributed by atoms with E-state index in [1.807, 2.05) is 18.2 Å². The fraction of sp³-hybridized carbons (Fsp3) is 0.421. The molecule has 1 saturated heterocycles. The summed E-state index contributed by atoms with van der Waals surface area (Å²) in [6.45, 7) is 5.39. The minimum Gasteiger partial charge on any atom is -0.406 e. The summed E-state index contributed by atoms with van der Waals surface area (Å²) in [5.41, 5.74) is 0. The summed E-state index contributed by atoms with van der Waals surface area (Å²) in [5.74, 6) is 0.448. The Labute approximate surface area is 173 Å². The first-order valence-electron chi connectivity index (χ1n) is 9.39. The number of alkyl halides is 3. The maximum Gasteiger partial charge on any atom is 0.573 e. The van der Waals surface area contributed by atoms with E-state index in [-0.39, 0.29) is 10.9 Å². The molecule has 0 amide bonds. The van der Waals surface area contributed by atoms with Gasteiger partial charge in [0, 0.05) is 45.0 Å². The van der Waals surface area contributed by atoms with Crippen molar-refractivity contribution in [3.63, 3.8) is 0 Å². The van der Waals surface area contributed by atoms with Gasteiger partial charge in [-0.25, -0.2) is 18.1 Å². The van der Waals surface area contributed by atoms with E-state index >= 15 is 0 Å². The summed E-state index contributed by atoms with van der Waals surface area (Å²) >= 11 is 0. The molecule has 0 saturated carbocycles. The molecule has 1 aromatic heterocycles. The van der Waals surface area contributed by atoms with Crippen molar-refractivity contribution in [1.29, 1.82) is 0 Å². The zero-order valence-electron chi connectivity index (χ0n) is 16.3. The number of nitrogens with zero attached hydrogens (tertiary/aromatic N) is 3. The molecule has 0 spiro atoms. The molecule has 7 nitrogen and oxygen atoms in total. The van der Waals surface area contributed by atoms with Gasteiger partial charge in [0.05, 0.1) is 4.90 Å². The van der Waals surface area contributed by atoms with Gasteiger partial charge in [-0.1, -0.05) is 6.07 Å². The van der Waals surface area contributed by atoms with Crippen LogP contribution in [0.4, 0.5) is 19.0 Å². The van der Waals surface area contributed by atoms with Crippen molar-refractivity contribution in [3.05, 3.63) is 48.7 Å². The minimum atomic E-state index is -4.83. The number of hydrogen-bond acceptors (Lipinski definition) is 6. The fourth-order valence-corrected chi connectivity index (χ4v) is 4.51. The van der Waals surface area contributed by atoms with Gasteiger partial charge in [-0.2, -0.15) is 0 Å². The maximum atomic E-state index is 12.5. The van der Waals surface area contributed by atoms with Crippen LogP contribution >= 0.6 is 0 Å². The highest BCUT2D eigenvalue weighted by Crippen LogP contribution is 2.24. The van der Waals surface area contributed by atoms with Crippen molar-refractivity contribution in [1.82, 2.24) is 14.6 Å². The van der Waals surface area contributed by atoms with Crippen molar-refractivity contribution in [2.45, 2.75) is 24.2 Å².